The van der Waals surface area contributed by atoms with E-state index in [1.165, 1.54) is 5.57 Å². The smallest absolute Gasteiger partial charge is 0.222 e. The lowest BCUT2D eigenvalue weighted by Gasteiger charge is -2.13. The van der Waals surface area contributed by atoms with Gasteiger partial charge in [-0.25, -0.2) is 15.4 Å². The van der Waals surface area contributed by atoms with Crippen LogP contribution in [-0.2, 0) is 0 Å². The molecule has 100 valence electrons. The average Bonchev–Trinajstić information content (AvgIpc) is 2.45. The fourth-order valence-electron chi connectivity index (χ4n) is 1.82. The summed E-state index contributed by atoms with van der Waals surface area (Å²) in [6, 6.07) is 6.20. The molecule has 0 saturated carbocycles. The Morgan fingerprint density at radius 1 is 1.32 bits per heavy atom. The molecule has 1 aromatic heterocycles. The Morgan fingerprint density at radius 3 is 2.79 bits per heavy atom. The van der Waals surface area contributed by atoms with Gasteiger partial charge in [-0.1, -0.05) is 12.1 Å². The van der Waals surface area contributed by atoms with Crippen LogP contribution < -0.4 is 10.7 Å². The van der Waals surface area contributed by atoms with E-state index in [1.54, 1.807) is 0 Å². The van der Waals surface area contributed by atoms with Gasteiger partial charge in [0.1, 0.15) is 0 Å². The summed E-state index contributed by atoms with van der Waals surface area (Å²) < 4.78 is 0. The normalized spacial score (nSPS) is 11.7. The molecule has 0 bridgehead atoms. The van der Waals surface area contributed by atoms with E-state index in [2.05, 4.69) is 39.8 Å². The Morgan fingerprint density at radius 2 is 2.11 bits per heavy atom. The predicted octanol–water partition coefficient (Wildman–Crippen LogP) is 2.10. The van der Waals surface area contributed by atoms with Crippen LogP contribution in [0, 0.1) is 0 Å². The maximum atomic E-state index is 4.46. The molecule has 0 aliphatic rings. The van der Waals surface area contributed by atoms with Gasteiger partial charge in [-0.15, -0.1) is 0 Å². The predicted molar refractivity (Wildman–Crippen MR) is 79.6 cm³/mol. The average molecular weight is 257 g/mol. The summed E-state index contributed by atoms with van der Waals surface area (Å²) in [6.07, 6.45) is 3.87. The van der Waals surface area contributed by atoms with Crippen molar-refractivity contribution in [1.29, 1.82) is 0 Å². The zero-order chi connectivity index (χ0) is 13.8. The van der Waals surface area contributed by atoms with Gasteiger partial charge in [-0.05, 0) is 24.1 Å². The zero-order valence-electron chi connectivity index (χ0n) is 11.7. The third-order valence-corrected chi connectivity index (χ3v) is 3.00. The van der Waals surface area contributed by atoms with Gasteiger partial charge >= 0.3 is 0 Å². The molecule has 19 heavy (non-hydrogen) atoms. The molecule has 1 aromatic carbocycles. The number of rotatable bonds is 4. The molecule has 0 spiro atoms. The second-order valence-electron chi connectivity index (χ2n) is 4.36. The lowest BCUT2D eigenvalue weighted by atomic mass is 10.1. The second kappa shape index (κ2) is 5.67. The number of hydrazine groups is 1. The van der Waals surface area contributed by atoms with E-state index in [4.69, 9.17) is 0 Å². The molecule has 0 aliphatic carbocycles. The standard InChI is InChI=1S/C14H19N5/c1-10(9-19(4)16-3)11-5-6-12-8-17-14(15-2)18-13(12)7-11/h5-9,16H,1-4H3,(H,15,17,18)/b10-9+. The van der Waals surface area contributed by atoms with Crippen LogP contribution in [0.25, 0.3) is 16.5 Å². The number of aromatic nitrogens is 2. The summed E-state index contributed by atoms with van der Waals surface area (Å²) in [4.78, 5) is 8.66. The number of hydrogen-bond donors (Lipinski definition) is 2. The highest BCUT2D eigenvalue weighted by atomic mass is 15.5. The molecule has 0 amide bonds. The molecule has 0 atom stereocenters. The maximum absolute atomic E-state index is 4.46. The Hall–Kier alpha value is -2.14. The van der Waals surface area contributed by atoms with Crippen LogP contribution in [0.15, 0.2) is 30.6 Å². The summed E-state index contributed by atoms with van der Waals surface area (Å²) in [5.74, 6) is 0.638. The number of benzene rings is 1. The lowest BCUT2D eigenvalue weighted by Crippen LogP contribution is -2.25. The molecule has 1 heterocycles. The minimum Gasteiger partial charge on any atom is -0.357 e. The van der Waals surface area contributed by atoms with Crippen molar-refractivity contribution in [1.82, 2.24) is 20.4 Å². The second-order valence-corrected chi connectivity index (χ2v) is 4.36. The summed E-state index contributed by atoms with van der Waals surface area (Å²) in [5.41, 5.74) is 6.30. The highest BCUT2D eigenvalue weighted by Gasteiger charge is 2.02. The van der Waals surface area contributed by atoms with Gasteiger partial charge in [0.2, 0.25) is 5.95 Å². The fraction of sp³-hybridized carbons (Fsp3) is 0.286. The van der Waals surface area contributed by atoms with Gasteiger partial charge in [-0.3, -0.25) is 0 Å². The van der Waals surface area contributed by atoms with E-state index in [0.29, 0.717) is 5.95 Å². The first-order chi connectivity index (χ1) is 9.13. The summed E-state index contributed by atoms with van der Waals surface area (Å²) in [6.45, 7) is 2.08. The Balaban J connectivity index is 2.42. The number of anilines is 1. The highest BCUT2D eigenvalue weighted by molar-refractivity contribution is 5.83. The number of fused-ring (bicyclic) bond motifs is 1. The van der Waals surface area contributed by atoms with E-state index in [9.17, 15) is 0 Å². The number of allylic oxidation sites excluding steroid dienone is 1. The van der Waals surface area contributed by atoms with Gasteiger partial charge in [0.25, 0.3) is 0 Å². The van der Waals surface area contributed by atoms with Gasteiger partial charge in [0, 0.05) is 38.9 Å². The fourth-order valence-corrected chi connectivity index (χ4v) is 1.82. The van der Waals surface area contributed by atoms with Crippen LogP contribution in [0.1, 0.15) is 12.5 Å². The van der Waals surface area contributed by atoms with E-state index < -0.39 is 0 Å². The summed E-state index contributed by atoms with van der Waals surface area (Å²) >= 11 is 0. The monoisotopic (exact) mass is 257 g/mol. The van der Waals surface area contributed by atoms with Crippen LogP contribution in [0.5, 0.6) is 0 Å². The Kier molecular flexibility index (Phi) is 3.97. The zero-order valence-corrected chi connectivity index (χ0v) is 11.7. The minimum absolute atomic E-state index is 0.638. The van der Waals surface area contributed by atoms with Crippen molar-refractivity contribution in [2.24, 2.45) is 0 Å². The SMILES string of the molecule is CNc1ncc2ccc(/C(C)=C/N(C)NC)cc2n1. The van der Waals surface area contributed by atoms with E-state index in [1.807, 2.05) is 44.6 Å². The van der Waals surface area contributed by atoms with Crippen molar-refractivity contribution in [2.75, 3.05) is 26.5 Å². The Bertz CT molecular complexity index is 606. The van der Waals surface area contributed by atoms with Crippen LogP contribution in [0.3, 0.4) is 0 Å². The number of nitrogens with one attached hydrogen (secondary N) is 2. The van der Waals surface area contributed by atoms with Crippen molar-refractivity contribution in [3.8, 4) is 0 Å². The van der Waals surface area contributed by atoms with Gasteiger partial charge in [0.15, 0.2) is 0 Å². The number of nitrogens with zero attached hydrogens (tertiary/aromatic N) is 3. The van der Waals surface area contributed by atoms with E-state index in [-0.39, 0.29) is 0 Å². The van der Waals surface area contributed by atoms with Crippen LogP contribution in [0.4, 0.5) is 5.95 Å². The molecule has 2 N–H and O–H groups in total. The van der Waals surface area contributed by atoms with Crippen molar-refractivity contribution in [3.05, 3.63) is 36.2 Å². The molecular weight excluding hydrogens is 238 g/mol. The van der Waals surface area contributed by atoms with Crippen molar-refractivity contribution >= 4 is 22.4 Å². The third kappa shape index (κ3) is 3.00. The van der Waals surface area contributed by atoms with E-state index >= 15 is 0 Å². The van der Waals surface area contributed by atoms with Gasteiger partial charge < -0.3 is 10.3 Å². The van der Waals surface area contributed by atoms with Gasteiger partial charge in [-0.2, -0.15) is 0 Å². The van der Waals surface area contributed by atoms with E-state index in [0.717, 1.165) is 16.5 Å². The third-order valence-electron chi connectivity index (χ3n) is 3.00. The van der Waals surface area contributed by atoms with Crippen molar-refractivity contribution < 1.29 is 0 Å². The quantitative estimate of drug-likeness (QED) is 0.822. The molecule has 5 nitrogen and oxygen atoms in total. The minimum atomic E-state index is 0.638. The first-order valence-electron chi connectivity index (χ1n) is 6.17. The summed E-state index contributed by atoms with van der Waals surface area (Å²) in [7, 11) is 5.67. The first kappa shape index (κ1) is 13.3. The summed E-state index contributed by atoms with van der Waals surface area (Å²) in [5, 5.41) is 5.91. The molecule has 2 rings (SSSR count). The van der Waals surface area contributed by atoms with Crippen LogP contribution in [0.2, 0.25) is 0 Å². The molecule has 0 aliphatic heterocycles. The van der Waals surface area contributed by atoms with Crippen molar-refractivity contribution in [3.63, 3.8) is 0 Å². The molecule has 0 saturated heterocycles. The first-order valence-corrected chi connectivity index (χ1v) is 6.17. The highest BCUT2D eigenvalue weighted by Crippen LogP contribution is 2.20. The molecule has 2 aromatic rings. The van der Waals surface area contributed by atoms with Crippen LogP contribution >= 0.6 is 0 Å². The Labute approximate surface area is 113 Å². The molecule has 0 fully saturated rings. The molecule has 0 radical (unpaired) electrons. The number of hydrogen-bond acceptors (Lipinski definition) is 5. The lowest BCUT2D eigenvalue weighted by molar-refractivity contribution is 0.366. The molecular formula is C14H19N5. The van der Waals surface area contributed by atoms with Crippen molar-refractivity contribution in [2.45, 2.75) is 6.92 Å². The molecule has 5 heteroatoms. The topological polar surface area (TPSA) is 53.1 Å². The maximum Gasteiger partial charge on any atom is 0.222 e. The van der Waals surface area contributed by atoms with Gasteiger partial charge in [0.05, 0.1) is 5.52 Å². The molecule has 0 unspecified atom stereocenters. The largest absolute Gasteiger partial charge is 0.357 e. The van der Waals surface area contributed by atoms with Crippen LogP contribution in [-0.4, -0.2) is 36.1 Å².